The third-order valence-corrected chi connectivity index (χ3v) is 9.54. The Morgan fingerprint density at radius 3 is 2.26 bits per heavy atom. The van der Waals surface area contributed by atoms with E-state index in [1.54, 1.807) is 31.2 Å². The Morgan fingerprint density at radius 2 is 1.74 bits per heavy atom. The average Bonchev–Trinajstić information content (AvgIpc) is 3.07. The van der Waals surface area contributed by atoms with Crippen LogP contribution >= 0.6 is 0 Å². The number of nitrogens with zero attached hydrogens (tertiary/aromatic N) is 3. The normalized spacial score (nSPS) is 22.5. The summed E-state index contributed by atoms with van der Waals surface area (Å²) >= 11 is 0. The van der Waals surface area contributed by atoms with E-state index in [-0.39, 0.29) is 53.1 Å². The lowest BCUT2D eigenvalue weighted by Crippen LogP contribution is -2.53. The van der Waals surface area contributed by atoms with Gasteiger partial charge in [0.2, 0.25) is 15.9 Å². The molecule has 0 N–H and O–H groups in total. The van der Waals surface area contributed by atoms with E-state index in [1.165, 1.54) is 28.4 Å². The first kappa shape index (κ1) is 23.8. The molecule has 2 fully saturated rings. The molecule has 1 atom stereocenters. The number of benzene rings is 1. The van der Waals surface area contributed by atoms with Gasteiger partial charge in [0.25, 0.3) is 0 Å². The number of sulfonamides is 1. The highest BCUT2D eigenvalue weighted by atomic mass is 32.2. The summed E-state index contributed by atoms with van der Waals surface area (Å²) in [5, 5.41) is 3.15. The van der Waals surface area contributed by atoms with E-state index in [0.29, 0.717) is 24.8 Å². The molecule has 2 aliphatic heterocycles. The molecule has 0 aliphatic carbocycles. The molecule has 0 saturated carbocycles. The van der Waals surface area contributed by atoms with Gasteiger partial charge in [0.1, 0.15) is 0 Å². The number of rotatable bonds is 6. The summed E-state index contributed by atoms with van der Waals surface area (Å²) in [7, 11) is -3.48. The van der Waals surface area contributed by atoms with Crippen LogP contribution in [0.5, 0.6) is 0 Å². The van der Waals surface area contributed by atoms with E-state index in [1.807, 2.05) is 0 Å². The highest BCUT2D eigenvalue weighted by Crippen LogP contribution is 2.28. The molecule has 9 nitrogen and oxygen atoms in total. The molecule has 11 heteroatoms. The molecule has 2 saturated heterocycles. The van der Waals surface area contributed by atoms with Gasteiger partial charge in [0.15, 0.2) is 15.6 Å². The van der Waals surface area contributed by atoms with Gasteiger partial charge in [0, 0.05) is 38.7 Å². The summed E-state index contributed by atoms with van der Waals surface area (Å²) in [6, 6.07) is 5.58. The van der Waals surface area contributed by atoms with Crippen LogP contribution < -0.4 is 0 Å². The topological polar surface area (TPSA) is 112 Å². The number of hydrogen-bond acceptors (Lipinski definition) is 7. The van der Waals surface area contributed by atoms with Gasteiger partial charge >= 0.3 is 0 Å². The minimum Gasteiger partial charge on any atom is -0.295 e. The van der Waals surface area contributed by atoms with Gasteiger partial charge in [-0.2, -0.15) is 4.31 Å². The standard InChI is InChI=1S/C20H29N3O6S2/c1-15(24)17-5-4-6-19(13-17)31(28,29)22-10-7-16(8-11-22)20(25)23(21(2)3)18-9-12-30(26,27)14-18/h4-6,13,16,18H,7-12,14H2,1-3H3. The molecule has 0 aromatic heterocycles. The largest absolute Gasteiger partial charge is 0.295 e. The first-order valence-corrected chi connectivity index (χ1v) is 13.5. The number of carbonyl (C=O) groups is 2. The van der Waals surface area contributed by atoms with E-state index < -0.39 is 19.9 Å². The lowest BCUT2D eigenvalue weighted by molar-refractivity contribution is -0.155. The molecular formula is C20H29N3O6S2. The molecule has 1 unspecified atom stereocenters. The molecular weight excluding hydrogens is 442 g/mol. The van der Waals surface area contributed by atoms with E-state index in [2.05, 4.69) is 0 Å². The van der Waals surface area contributed by atoms with Crippen LogP contribution in [0.3, 0.4) is 0 Å². The van der Waals surface area contributed by atoms with Gasteiger partial charge in [-0.3, -0.25) is 14.6 Å². The van der Waals surface area contributed by atoms with E-state index >= 15 is 0 Å². The SMILES string of the molecule is CC(=O)c1cccc(S(=O)(=O)N2CCC(C(=O)N(C3CCS(=O)(=O)C3)N(C)C)CC2)c1. The molecule has 31 heavy (non-hydrogen) atoms. The number of sulfone groups is 1. The molecule has 0 radical (unpaired) electrons. The van der Waals surface area contributed by atoms with Crippen LogP contribution in [0, 0.1) is 5.92 Å². The van der Waals surface area contributed by atoms with Crippen LogP contribution in [0.15, 0.2) is 29.2 Å². The van der Waals surface area contributed by atoms with Crippen molar-refractivity contribution in [3.05, 3.63) is 29.8 Å². The third kappa shape index (κ3) is 5.16. The van der Waals surface area contributed by atoms with Crippen molar-refractivity contribution in [2.24, 2.45) is 5.92 Å². The van der Waals surface area contributed by atoms with Gasteiger partial charge in [-0.1, -0.05) is 12.1 Å². The summed E-state index contributed by atoms with van der Waals surface area (Å²) in [5.41, 5.74) is 0.333. The number of amides is 1. The van der Waals surface area contributed by atoms with Gasteiger partial charge in [-0.05, 0) is 38.3 Å². The van der Waals surface area contributed by atoms with Crippen molar-refractivity contribution in [2.75, 3.05) is 38.7 Å². The molecule has 2 heterocycles. The van der Waals surface area contributed by atoms with Crippen LogP contribution in [-0.2, 0) is 24.7 Å². The zero-order chi connectivity index (χ0) is 23.0. The van der Waals surface area contributed by atoms with Crippen LogP contribution in [0.4, 0.5) is 0 Å². The number of hydrazine groups is 1. The van der Waals surface area contributed by atoms with E-state index in [4.69, 9.17) is 0 Å². The highest BCUT2D eigenvalue weighted by Gasteiger charge is 2.40. The van der Waals surface area contributed by atoms with Crippen molar-refractivity contribution >= 4 is 31.6 Å². The van der Waals surface area contributed by atoms with Gasteiger partial charge < -0.3 is 0 Å². The van der Waals surface area contributed by atoms with Crippen molar-refractivity contribution in [2.45, 2.75) is 37.1 Å². The fourth-order valence-corrected chi connectivity index (χ4v) is 7.43. The van der Waals surface area contributed by atoms with Crippen molar-refractivity contribution in [3.8, 4) is 0 Å². The fourth-order valence-electron chi connectivity index (χ4n) is 4.23. The zero-order valence-corrected chi connectivity index (χ0v) is 19.7. The van der Waals surface area contributed by atoms with Gasteiger partial charge in [-0.25, -0.2) is 21.8 Å². The average molecular weight is 472 g/mol. The van der Waals surface area contributed by atoms with E-state index in [0.717, 1.165) is 0 Å². The van der Waals surface area contributed by atoms with Crippen LogP contribution in [0.2, 0.25) is 0 Å². The number of carbonyl (C=O) groups excluding carboxylic acids is 2. The van der Waals surface area contributed by atoms with Crippen LogP contribution in [0.25, 0.3) is 0 Å². The van der Waals surface area contributed by atoms with Crippen LogP contribution in [-0.4, -0.2) is 87.6 Å². The summed E-state index contributed by atoms with van der Waals surface area (Å²) < 4.78 is 51.1. The van der Waals surface area contributed by atoms with Crippen LogP contribution in [0.1, 0.15) is 36.5 Å². The molecule has 172 valence electrons. The zero-order valence-electron chi connectivity index (χ0n) is 18.0. The van der Waals surface area contributed by atoms with Crippen molar-refractivity contribution in [3.63, 3.8) is 0 Å². The monoisotopic (exact) mass is 471 g/mol. The summed E-state index contributed by atoms with van der Waals surface area (Å²) in [6.07, 6.45) is 1.12. The minimum atomic E-state index is -3.77. The molecule has 0 bridgehead atoms. The molecule has 1 aromatic rings. The second-order valence-corrected chi connectivity index (χ2v) is 12.5. The molecule has 1 aromatic carbocycles. The third-order valence-electron chi connectivity index (χ3n) is 5.89. The first-order valence-electron chi connectivity index (χ1n) is 10.2. The predicted molar refractivity (Wildman–Crippen MR) is 116 cm³/mol. The second kappa shape index (κ2) is 8.97. The van der Waals surface area contributed by atoms with Gasteiger partial charge in [-0.15, -0.1) is 0 Å². The maximum atomic E-state index is 13.2. The Labute approximate surface area is 183 Å². The number of hydrogen-bond donors (Lipinski definition) is 0. The minimum absolute atomic E-state index is 0.0450. The Hall–Kier alpha value is -1.82. The Bertz CT molecular complexity index is 1060. The van der Waals surface area contributed by atoms with Crippen molar-refractivity contribution < 1.29 is 26.4 Å². The summed E-state index contributed by atoms with van der Waals surface area (Å²) in [6.45, 7) is 1.76. The smallest absolute Gasteiger partial charge is 0.243 e. The Kier molecular flexibility index (Phi) is 6.90. The number of Topliss-reactive ketones (excluding diaryl/α,β-unsaturated/α-hetero) is 1. The summed E-state index contributed by atoms with van der Waals surface area (Å²) in [5.74, 6) is -0.718. The van der Waals surface area contributed by atoms with Crippen molar-refractivity contribution in [1.29, 1.82) is 0 Å². The number of ketones is 1. The lowest BCUT2D eigenvalue weighted by Gasteiger charge is -2.38. The fraction of sp³-hybridized carbons (Fsp3) is 0.600. The Balaban J connectivity index is 1.70. The molecule has 1 amide bonds. The summed E-state index contributed by atoms with van der Waals surface area (Å²) in [4.78, 5) is 24.8. The highest BCUT2D eigenvalue weighted by molar-refractivity contribution is 7.91. The van der Waals surface area contributed by atoms with Crippen molar-refractivity contribution in [1.82, 2.24) is 14.3 Å². The maximum Gasteiger partial charge on any atom is 0.243 e. The second-order valence-electron chi connectivity index (χ2n) is 8.35. The molecule has 0 spiro atoms. The molecule has 2 aliphatic rings. The number of piperidine rings is 1. The maximum absolute atomic E-state index is 13.2. The quantitative estimate of drug-likeness (QED) is 0.445. The first-order chi connectivity index (χ1) is 14.4. The predicted octanol–water partition coefficient (Wildman–Crippen LogP) is 0.782. The van der Waals surface area contributed by atoms with E-state index in [9.17, 15) is 26.4 Å². The van der Waals surface area contributed by atoms with Gasteiger partial charge in [0.05, 0.1) is 22.4 Å². The Morgan fingerprint density at radius 1 is 1.10 bits per heavy atom. The molecule has 3 rings (SSSR count). The lowest BCUT2D eigenvalue weighted by atomic mass is 9.96.